The Morgan fingerprint density at radius 3 is 2.78 bits per heavy atom. The van der Waals surface area contributed by atoms with Crippen molar-refractivity contribution < 1.29 is 9.84 Å². The Hall–Kier alpha value is -0.970. The number of hydrogen-bond donors (Lipinski definition) is 2. The van der Waals surface area contributed by atoms with Gasteiger partial charge in [-0.3, -0.25) is 0 Å². The lowest BCUT2D eigenvalue weighted by atomic mass is 9.93. The van der Waals surface area contributed by atoms with E-state index in [1.54, 1.807) is 6.07 Å². The van der Waals surface area contributed by atoms with Crippen molar-refractivity contribution in [2.75, 3.05) is 37.4 Å². The summed E-state index contributed by atoms with van der Waals surface area (Å²) in [5.74, 6) is 0. The summed E-state index contributed by atoms with van der Waals surface area (Å²) in [6, 6.07) is 5.53. The highest BCUT2D eigenvalue weighted by Crippen LogP contribution is 2.31. The van der Waals surface area contributed by atoms with Crippen LogP contribution in [0.5, 0.6) is 0 Å². The lowest BCUT2D eigenvalue weighted by Crippen LogP contribution is -2.45. The van der Waals surface area contributed by atoms with Gasteiger partial charge in [0.15, 0.2) is 0 Å². The van der Waals surface area contributed by atoms with Gasteiger partial charge < -0.3 is 20.5 Å². The molecule has 0 atom stereocenters. The summed E-state index contributed by atoms with van der Waals surface area (Å²) in [5, 5.41) is 11.0. The number of benzene rings is 1. The molecule has 0 unspecified atom stereocenters. The summed E-state index contributed by atoms with van der Waals surface area (Å²) >= 11 is 6.00. The Bertz CT molecular complexity index is 419. The van der Waals surface area contributed by atoms with Crippen LogP contribution in [0, 0.1) is 0 Å². The molecule has 2 rings (SSSR count). The van der Waals surface area contributed by atoms with Crippen molar-refractivity contribution in [1.82, 2.24) is 0 Å². The second kappa shape index (κ2) is 5.34. The summed E-state index contributed by atoms with van der Waals surface area (Å²) in [5.41, 5.74) is 6.65. The van der Waals surface area contributed by atoms with E-state index in [0.29, 0.717) is 43.3 Å². The summed E-state index contributed by atoms with van der Waals surface area (Å²) < 4.78 is 5.27. The minimum atomic E-state index is -0.707. The van der Waals surface area contributed by atoms with Gasteiger partial charge in [0.2, 0.25) is 0 Å². The largest absolute Gasteiger partial charge is 0.396 e. The lowest BCUT2D eigenvalue weighted by Gasteiger charge is -2.36. The number of nitrogens with zero attached hydrogens (tertiary/aromatic N) is 1. The normalized spacial score (nSPS) is 18.6. The smallest absolute Gasteiger partial charge is 0.0865 e. The molecule has 4 nitrogen and oxygen atoms in total. The Balaban J connectivity index is 2.11. The van der Waals surface area contributed by atoms with Crippen molar-refractivity contribution in [3.05, 3.63) is 23.2 Å². The van der Waals surface area contributed by atoms with Crippen LogP contribution < -0.4 is 10.6 Å². The molecule has 0 spiro atoms. The van der Waals surface area contributed by atoms with Gasteiger partial charge in [-0.1, -0.05) is 17.7 Å². The van der Waals surface area contributed by atoms with Crippen LogP contribution in [0.2, 0.25) is 5.02 Å². The first-order valence-corrected chi connectivity index (χ1v) is 6.45. The third kappa shape index (κ3) is 2.88. The molecule has 3 N–H and O–H groups in total. The molecule has 1 aliphatic rings. The van der Waals surface area contributed by atoms with Crippen LogP contribution in [-0.2, 0) is 4.74 Å². The fraction of sp³-hybridized carbons (Fsp3) is 0.538. The van der Waals surface area contributed by atoms with E-state index in [1.165, 1.54) is 0 Å². The van der Waals surface area contributed by atoms with Crippen molar-refractivity contribution in [3.63, 3.8) is 0 Å². The highest BCUT2D eigenvalue weighted by Gasteiger charge is 2.31. The van der Waals surface area contributed by atoms with E-state index >= 15 is 0 Å². The van der Waals surface area contributed by atoms with Crippen LogP contribution in [0.3, 0.4) is 0 Å². The molecule has 1 fully saturated rings. The second-order valence-corrected chi connectivity index (χ2v) is 5.27. The van der Waals surface area contributed by atoms with Gasteiger partial charge in [0.25, 0.3) is 0 Å². The first kappa shape index (κ1) is 13.5. The molecule has 0 bridgehead atoms. The standard InChI is InChI=1S/C13H19ClN2O2/c1-16(9-13(17)5-7-18-8-6-13)11-4-2-3-10(14)12(11)15/h2-4,17H,5-9,15H2,1H3. The van der Waals surface area contributed by atoms with Gasteiger partial charge in [-0.05, 0) is 12.1 Å². The fourth-order valence-corrected chi connectivity index (χ4v) is 2.46. The first-order chi connectivity index (χ1) is 8.52. The van der Waals surface area contributed by atoms with Crippen LogP contribution in [0.4, 0.5) is 11.4 Å². The van der Waals surface area contributed by atoms with Gasteiger partial charge in [0, 0.05) is 39.6 Å². The number of para-hydroxylation sites is 1. The molecule has 0 aliphatic carbocycles. The highest BCUT2D eigenvalue weighted by molar-refractivity contribution is 6.33. The van der Waals surface area contributed by atoms with E-state index in [-0.39, 0.29) is 0 Å². The van der Waals surface area contributed by atoms with Crippen LogP contribution >= 0.6 is 11.6 Å². The predicted octanol–water partition coefficient (Wildman–Crippen LogP) is 1.90. The molecule has 0 amide bonds. The van der Waals surface area contributed by atoms with Crippen molar-refractivity contribution in [1.29, 1.82) is 0 Å². The molecule has 1 saturated heterocycles. The minimum Gasteiger partial charge on any atom is -0.396 e. The maximum atomic E-state index is 10.5. The highest BCUT2D eigenvalue weighted by atomic mass is 35.5. The molecular weight excluding hydrogens is 252 g/mol. The molecule has 18 heavy (non-hydrogen) atoms. The van der Waals surface area contributed by atoms with E-state index in [1.807, 2.05) is 24.1 Å². The van der Waals surface area contributed by atoms with E-state index in [2.05, 4.69) is 0 Å². The van der Waals surface area contributed by atoms with Gasteiger partial charge >= 0.3 is 0 Å². The maximum Gasteiger partial charge on any atom is 0.0865 e. The number of halogens is 1. The van der Waals surface area contributed by atoms with Crippen molar-refractivity contribution in [2.45, 2.75) is 18.4 Å². The molecule has 0 radical (unpaired) electrons. The maximum absolute atomic E-state index is 10.5. The zero-order chi connectivity index (χ0) is 13.2. The Labute approximate surface area is 112 Å². The van der Waals surface area contributed by atoms with E-state index in [0.717, 1.165) is 5.69 Å². The number of rotatable bonds is 3. The van der Waals surface area contributed by atoms with E-state index in [9.17, 15) is 5.11 Å². The van der Waals surface area contributed by atoms with Gasteiger partial charge in [0.1, 0.15) is 0 Å². The third-order valence-electron chi connectivity index (χ3n) is 3.40. The molecule has 1 aromatic carbocycles. The van der Waals surface area contributed by atoms with E-state index < -0.39 is 5.60 Å². The van der Waals surface area contributed by atoms with E-state index in [4.69, 9.17) is 22.1 Å². The second-order valence-electron chi connectivity index (χ2n) is 4.87. The average Bonchev–Trinajstić information content (AvgIpc) is 2.33. The number of aliphatic hydroxyl groups is 1. The fourth-order valence-electron chi connectivity index (χ4n) is 2.29. The quantitative estimate of drug-likeness (QED) is 0.824. The summed E-state index contributed by atoms with van der Waals surface area (Å²) in [6.07, 6.45) is 1.30. The van der Waals surface area contributed by atoms with Gasteiger partial charge in [-0.2, -0.15) is 0 Å². The van der Waals surface area contributed by atoms with Gasteiger partial charge in [-0.25, -0.2) is 0 Å². The molecule has 0 saturated carbocycles. The Morgan fingerprint density at radius 2 is 2.11 bits per heavy atom. The number of nitrogen functional groups attached to an aromatic ring is 1. The zero-order valence-electron chi connectivity index (χ0n) is 10.5. The van der Waals surface area contributed by atoms with Crippen molar-refractivity contribution in [2.24, 2.45) is 0 Å². The topological polar surface area (TPSA) is 58.7 Å². The third-order valence-corrected chi connectivity index (χ3v) is 3.73. The first-order valence-electron chi connectivity index (χ1n) is 6.07. The lowest BCUT2D eigenvalue weighted by molar-refractivity contribution is -0.0572. The van der Waals surface area contributed by atoms with Crippen LogP contribution in [0.15, 0.2) is 18.2 Å². The monoisotopic (exact) mass is 270 g/mol. The molecule has 1 aliphatic heterocycles. The summed E-state index contributed by atoms with van der Waals surface area (Å²) in [6.45, 7) is 1.74. The number of hydrogen-bond acceptors (Lipinski definition) is 4. The number of ether oxygens (including phenoxy) is 1. The zero-order valence-corrected chi connectivity index (χ0v) is 11.3. The molecule has 1 heterocycles. The van der Waals surface area contributed by atoms with Crippen LogP contribution in [0.25, 0.3) is 0 Å². The number of nitrogens with two attached hydrogens (primary N) is 1. The molecular formula is C13H19ClN2O2. The molecule has 100 valence electrons. The molecule has 1 aromatic rings. The minimum absolute atomic E-state index is 0.529. The Kier molecular flexibility index (Phi) is 4.00. The predicted molar refractivity (Wildman–Crippen MR) is 74.1 cm³/mol. The Morgan fingerprint density at radius 1 is 1.44 bits per heavy atom. The van der Waals surface area contributed by atoms with Gasteiger partial charge in [0.05, 0.1) is 22.0 Å². The van der Waals surface area contributed by atoms with Gasteiger partial charge in [-0.15, -0.1) is 0 Å². The molecule has 0 aromatic heterocycles. The van der Waals surface area contributed by atoms with Crippen LogP contribution in [-0.4, -0.2) is 37.5 Å². The SMILES string of the molecule is CN(CC1(O)CCOCC1)c1cccc(Cl)c1N. The summed E-state index contributed by atoms with van der Waals surface area (Å²) in [7, 11) is 1.91. The summed E-state index contributed by atoms with van der Waals surface area (Å²) in [4.78, 5) is 1.95. The average molecular weight is 271 g/mol. The number of likely N-dealkylation sites (N-methyl/N-ethyl adjacent to an activating group) is 1. The van der Waals surface area contributed by atoms with Crippen LogP contribution in [0.1, 0.15) is 12.8 Å². The number of anilines is 2. The van der Waals surface area contributed by atoms with Crippen molar-refractivity contribution >= 4 is 23.0 Å². The van der Waals surface area contributed by atoms with Crippen molar-refractivity contribution in [3.8, 4) is 0 Å². The molecule has 5 heteroatoms.